The lowest BCUT2D eigenvalue weighted by Crippen LogP contribution is -2.48. The van der Waals surface area contributed by atoms with E-state index in [1.807, 2.05) is 36.5 Å². The summed E-state index contributed by atoms with van der Waals surface area (Å²) in [7, 11) is 1.51. The number of anilines is 1. The first-order chi connectivity index (χ1) is 30.9. The minimum Gasteiger partial charge on any atom is -0.508 e. The van der Waals surface area contributed by atoms with Gasteiger partial charge in [0, 0.05) is 36.0 Å². The predicted octanol–water partition coefficient (Wildman–Crippen LogP) is 9.93. The molecule has 2 aliphatic heterocycles. The highest BCUT2D eigenvalue weighted by atomic mass is 16.5. The molecule has 11 nitrogen and oxygen atoms in total. The second kappa shape index (κ2) is 19.4. The number of carbonyl (C=O) groups excluding carboxylic acids is 1. The fourth-order valence-corrected chi connectivity index (χ4v) is 10.9. The summed E-state index contributed by atoms with van der Waals surface area (Å²) in [6.45, 7) is 5.19. The molecule has 5 atom stereocenters. The van der Waals surface area contributed by atoms with Crippen molar-refractivity contribution in [3.05, 3.63) is 125 Å². The van der Waals surface area contributed by atoms with Gasteiger partial charge in [-0.1, -0.05) is 44.5 Å². The zero-order valence-corrected chi connectivity index (χ0v) is 37.2. The Labute approximate surface area is 375 Å². The number of aliphatic hydroxyl groups excluding tert-OH is 1. The van der Waals surface area contributed by atoms with Crippen LogP contribution in [-0.2, 0) is 24.1 Å². The van der Waals surface area contributed by atoms with Gasteiger partial charge in [0.1, 0.15) is 17.4 Å². The number of H-pyrrole nitrogens is 1. The van der Waals surface area contributed by atoms with Crippen LogP contribution >= 0.6 is 0 Å². The van der Waals surface area contributed by atoms with Crippen molar-refractivity contribution in [2.45, 2.75) is 96.5 Å². The van der Waals surface area contributed by atoms with Gasteiger partial charge in [-0.15, -0.1) is 0 Å². The van der Waals surface area contributed by atoms with Gasteiger partial charge in [-0.3, -0.25) is 4.79 Å². The van der Waals surface area contributed by atoms with Crippen molar-refractivity contribution < 1.29 is 39.8 Å². The van der Waals surface area contributed by atoms with Crippen molar-refractivity contribution in [3.63, 3.8) is 0 Å². The number of benzene rings is 4. The van der Waals surface area contributed by atoms with Crippen LogP contribution in [0, 0.1) is 23.2 Å². The summed E-state index contributed by atoms with van der Waals surface area (Å²) in [5, 5.41) is 65.1. The number of hydrogen-bond donors (Lipinski definition) is 8. The third-order valence-corrected chi connectivity index (χ3v) is 14.0. The van der Waals surface area contributed by atoms with Gasteiger partial charge >= 0.3 is 0 Å². The van der Waals surface area contributed by atoms with E-state index < -0.39 is 23.4 Å². The van der Waals surface area contributed by atoms with Crippen LogP contribution in [0.2, 0.25) is 0 Å². The molecular formula is C53H63N3O8. The third-order valence-electron chi connectivity index (χ3n) is 14.0. The highest BCUT2D eigenvalue weighted by Gasteiger charge is 2.55. The van der Waals surface area contributed by atoms with Crippen LogP contribution in [0.5, 0.6) is 34.5 Å². The van der Waals surface area contributed by atoms with Crippen LogP contribution in [0.15, 0.2) is 103 Å². The monoisotopic (exact) mass is 869 g/mol. The Hall–Kier alpha value is -6.07. The van der Waals surface area contributed by atoms with Crippen molar-refractivity contribution in [1.29, 1.82) is 0 Å². The normalized spacial score (nSPS) is 21.8. The number of aromatic amines is 1. The molecule has 1 fully saturated rings. The highest BCUT2D eigenvalue weighted by Crippen LogP contribution is 2.58. The van der Waals surface area contributed by atoms with Crippen LogP contribution in [0.4, 0.5) is 5.69 Å². The molecule has 11 heteroatoms. The molecule has 1 saturated carbocycles. The Morgan fingerprint density at radius 1 is 0.922 bits per heavy atom. The Morgan fingerprint density at radius 2 is 1.78 bits per heavy atom. The molecule has 0 radical (unpaired) electrons. The van der Waals surface area contributed by atoms with Gasteiger partial charge in [0.2, 0.25) is 5.75 Å². The number of ketones is 1. The molecule has 1 spiro atoms. The lowest BCUT2D eigenvalue weighted by Gasteiger charge is -2.46. The zero-order chi connectivity index (χ0) is 45.0. The molecular weight excluding hydrogens is 807 g/mol. The van der Waals surface area contributed by atoms with Crippen LogP contribution in [0.1, 0.15) is 93.5 Å². The fraction of sp³-hybridized carbons (Fsp3) is 0.415. The number of phenols is 4. The van der Waals surface area contributed by atoms with Crippen molar-refractivity contribution in [3.8, 4) is 34.5 Å². The number of fused-ring (bicyclic) bond motifs is 5. The Kier molecular flexibility index (Phi) is 13.5. The summed E-state index contributed by atoms with van der Waals surface area (Å²) in [4.78, 5) is 19.3. The maximum absolute atomic E-state index is 15.9. The number of aliphatic hydroxyl groups is 1. The van der Waals surface area contributed by atoms with E-state index >= 15 is 4.79 Å². The Bertz CT molecular complexity index is 2510. The summed E-state index contributed by atoms with van der Waals surface area (Å²) in [6, 6.07) is 22.0. The number of dihydropyridines is 1. The molecule has 0 amide bonds. The van der Waals surface area contributed by atoms with E-state index in [4.69, 9.17) is 9.47 Å². The summed E-state index contributed by atoms with van der Waals surface area (Å²) < 4.78 is 11.5. The number of aryl methyl sites for hydroxylation is 2. The molecule has 0 unspecified atom stereocenters. The van der Waals surface area contributed by atoms with Gasteiger partial charge in [-0.2, -0.15) is 0 Å². The van der Waals surface area contributed by atoms with Crippen molar-refractivity contribution in [2.75, 3.05) is 25.6 Å². The molecule has 3 aliphatic rings. The number of carbonyl (C=O) groups is 1. The number of nitrogens with one attached hydrogen (secondary N) is 3. The number of phenolic OH excluding ortho intramolecular Hbond substituents is 4. The van der Waals surface area contributed by atoms with Gasteiger partial charge < -0.3 is 50.6 Å². The topological polar surface area (TPSA) is 177 Å². The molecule has 1 aromatic heterocycles. The number of hydrogen-bond acceptors (Lipinski definition) is 10. The van der Waals surface area contributed by atoms with E-state index in [9.17, 15) is 25.5 Å². The number of allylic oxidation sites excluding steroid dienone is 2. The SMILES string of the molecule is COc1cc(CC[C@@H](O)[C@@H]2C(=O)C[C@H](c3cc(O)c(O)c(OCCCC(C)C)c3)CCc3c(ccc4cc(O)ccc34)NC3=CC(=CCN3)[C@]23CCC[C@@H]3Cc2ccc[nH]2)ccc1O. The van der Waals surface area contributed by atoms with Gasteiger partial charge in [0.05, 0.1) is 25.7 Å². The number of ether oxygens (including phenoxy) is 2. The molecule has 3 heterocycles. The smallest absolute Gasteiger partial charge is 0.200 e. The second-order valence-electron chi connectivity index (χ2n) is 18.5. The van der Waals surface area contributed by atoms with E-state index in [0.29, 0.717) is 68.9 Å². The summed E-state index contributed by atoms with van der Waals surface area (Å²) in [5.74, 6) is 0.0762. The molecule has 0 saturated heterocycles. The van der Waals surface area contributed by atoms with Crippen LogP contribution in [-0.4, -0.2) is 62.7 Å². The minimum atomic E-state index is -1.04. The Balaban J connectivity index is 1.27. The van der Waals surface area contributed by atoms with E-state index in [2.05, 4.69) is 47.7 Å². The van der Waals surface area contributed by atoms with Gasteiger partial charge in [0.15, 0.2) is 23.0 Å². The number of aromatic hydroxyl groups is 4. The molecule has 338 valence electrons. The molecule has 1 aliphatic carbocycles. The average Bonchev–Trinajstić information content (AvgIpc) is 3.96. The number of Topliss-reactive ketones (excluding diaryl/α,β-unsaturated/α-hetero) is 1. The van der Waals surface area contributed by atoms with Crippen molar-refractivity contribution in [1.82, 2.24) is 10.3 Å². The third kappa shape index (κ3) is 9.41. The first-order valence-electron chi connectivity index (χ1n) is 23.0. The van der Waals surface area contributed by atoms with Crippen molar-refractivity contribution in [2.24, 2.45) is 23.2 Å². The summed E-state index contributed by atoms with van der Waals surface area (Å²) in [5.41, 5.74) is 4.81. The lowest BCUT2D eigenvalue weighted by atomic mass is 9.58. The second-order valence-corrected chi connectivity index (χ2v) is 18.5. The standard InChI is InChI=1S/C53H63N3O8/c1-32(2)7-6-24-64-49-29-36(28-47(61)52(49)62)34-12-15-42-41-16-14-40(57)26-35(41)13-17-43(42)56-50-31-38(20-23-55-50)53(21-4-8-37(53)30-39-9-5-22-54-39)51(46(60)27-34)45(59)19-11-33-10-18-44(58)48(25-33)63-3/h5,9-10,13-14,16-18,20,22,25-26,28-29,31-32,34,37,45,51,54-59,61-62H,4,6-8,11-12,15,19,21,23-24,27,30H2,1-3H3/t34-,37-,45-,51-,53-/m1/s1. The van der Waals surface area contributed by atoms with Crippen molar-refractivity contribution >= 4 is 22.2 Å². The Morgan fingerprint density at radius 3 is 2.58 bits per heavy atom. The lowest BCUT2D eigenvalue weighted by molar-refractivity contribution is -0.134. The van der Waals surface area contributed by atoms with E-state index in [-0.39, 0.29) is 46.9 Å². The molecule has 8 rings (SSSR count). The summed E-state index contributed by atoms with van der Waals surface area (Å²) >= 11 is 0. The van der Waals surface area contributed by atoms with Crippen LogP contribution in [0.3, 0.4) is 0 Å². The fourth-order valence-electron chi connectivity index (χ4n) is 10.9. The first kappa shape index (κ1) is 44.5. The molecule has 8 N–H and O–H groups in total. The average molecular weight is 870 g/mol. The van der Waals surface area contributed by atoms with E-state index in [0.717, 1.165) is 70.4 Å². The minimum absolute atomic E-state index is 0.0152. The maximum atomic E-state index is 15.9. The predicted molar refractivity (Wildman–Crippen MR) is 250 cm³/mol. The van der Waals surface area contributed by atoms with Crippen LogP contribution in [0.25, 0.3) is 10.8 Å². The molecule has 64 heavy (non-hydrogen) atoms. The van der Waals surface area contributed by atoms with Crippen LogP contribution < -0.4 is 20.1 Å². The molecule has 5 aromatic rings. The van der Waals surface area contributed by atoms with Gasteiger partial charge in [-0.25, -0.2) is 0 Å². The number of methoxy groups -OCH3 is 1. The molecule has 2 bridgehead atoms. The summed E-state index contributed by atoms with van der Waals surface area (Å²) in [6.07, 6.45) is 12.0. The van der Waals surface area contributed by atoms with E-state index in [1.165, 1.54) is 7.11 Å². The first-order valence-corrected chi connectivity index (χ1v) is 23.0. The number of rotatable bonds is 13. The molecule has 4 aromatic carbocycles. The van der Waals surface area contributed by atoms with E-state index in [1.54, 1.807) is 36.4 Å². The highest BCUT2D eigenvalue weighted by molar-refractivity contribution is 5.91. The maximum Gasteiger partial charge on any atom is 0.200 e. The zero-order valence-electron chi connectivity index (χ0n) is 37.2. The number of aromatic nitrogens is 1. The van der Waals surface area contributed by atoms with Gasteiger partial charge in [-0.05, 0) is 169 Å². The van der Waals surface area contributed by atoms with Gasteiger partial charge in [0.25, 0.3) is 0 Å². The quantitative estimate of drug-likeness (QED) is 0.0420. The largest absolute Gasteiger partial charge is 0.508 e.